The van der Waals surface area contributed by atoms with E-state index < -0.39 is 11.7 Å². The van der Waals surface area contributed by atoms with Gasteiger partial charge in [-0.1, -0.05) is 11.8 Å². The summed E-state index contributed by atoms with van der Waals surface area (Å²) in [4.78, 5) is 0. The number of phenols is 1. The van der Waals surface area contributed by atoms with Gasteiger partial charge >= 0.3 is 6.18 Å². The highest BCUT2D eigenvalue weighted by molar-refractivity contribution is 5.47. The van der Waals surface area contributed by atoms with E-state index in [0.29, 0.717) is 13.0 Å². The minimum absolute atomic E-state index is 0.0386. The first kappa shape index (κ1) is 12.4. The number of aromatic hydroxyl groups is 1. The largest absolute Gasteiger partial charge is 0.507 e. The maximum Gasteiger partial charge on any atom is 0.416 e. The van der Waals surface area contributed by atoms with E-state index in [9.17, 15) is 18.3 Å². The second-order valence-corrected chi connectivity index (χ2v) is 3.07. The molecule has 0 amide bonds. The van der Waals surface area contributed by atoms with Crippen LogP contribution in [0.3, 0.4) is 0 Å². The Morgan fingerprint density at radius 1 is 1.31 bits per heavy atom. The molecule has 1 aromatic rings. The zero-order valence-corrected chi connectivity index (χ0v) is 8.30. The number of halogens is 3. The Kier molecular flexibility index (Phi) is 3.80. The molecule has 5 heteroatoms. The summed E-state index contributed by atoms with van der Waals surface area (Å²) in [5, 5.41) is 9.30. The van der Waals surface area contributed by atoms with Crippen LogP contribution < -0.4 is 5.73 Å². The molecule has 0 aliphatic heterocycles. The van der Waals surface area contributed by atoms with Gasteiger partial charge in [0.25, 0.3) is 0 Å². The maximum atomic E-state index is 12.3. The number of benzene rings is 1. The van der Waals surface area contributed by atoms with Gasteiger partial charge < -0.3 is 10.8 Å². The molecule has 0 heterocycles. The molecule has 0 saturated carbocycles. The maximum absolute atomic E-state index is 12.3. The Labute approximate surface area is 90.9 Å². The molecule has 0 spiro atoms. The molecular weight excluding hydrogens is 219 g/mol. The van der Waals surface area contributed by atoms with Crippen molar-refractivity contribution in [3.05, 3.63) is 29.3 Å². The first-order chi connectivity index (χ1) is 7.45. The van der Waals surface area contributed by atoms with Crippen LogP contribution in [0.1, 0.15) is 17.5 Å². The van der Waals surface area contributed by atoms with Gasteiger partial charge in [0, 0.05) is 13.0 Å². The highest BCUT2D eigenvalue weighted by atomic mass is 19.4. The third kappa shape index (κ3) is 3.17. The SMILES string of the molecule is NCCC#Cc1cc(C(F)(F)F)ccc1O. The molecule has 0 aromatic heterocycles. The molecule has 0 aliphatic rings. The Morgan fingerprint density at radius 3 is 2.56 bits per heavy atom. The second kappa shape index (κ2) is 4.90. The smallest absolute Gasteiger partial charge is 0.416 e. The third-order valence-corrected chi connectivity index (χ3v) is 1.82. The molecular formula is C11H10F3NO. The summed E-state index contributed by atoms with van der Waals surface area (Å²) in [7, 11) is 0. The van der Waals surface area contributed by atoms with Gasteiger partial charge in [0.2, 0.25) is 0 Å². The van der Waals surface area contributed by atoms with Gasteiger partial charge in [0.05, 0.1) is 11.1 Å². The normalized spacial score (nSPS) is 10.8. The quantitative estimate of drug-likeness (QED) is 0.724. The van der Waals surface area contributed by atoms with Crippen molar-refractivity contribution in [3.8, 4) is 17.6 Å². The number of rotatable bonds is 1. The molecule has 0 radical (unpaired) electrons. The van der Waals surface area contributed by atoms with Crippen LogP contribution in [0.2, 0.25) is 0 Å². The fraction of sp³-hybridized carbons (Fsp3) is 0.273. The fourth-order valence-corrected chi connectivity index (χ4v) is 1.04. The lowest BCUT2D eigenvalue weighted by molar-refractivity contribution is -0.137. The van der Waals surface area contributed by atoms with E-state index in [1.165, 1.54) is 0 Å². The van der Waals surface area contributed by atoms with Crippen molar-refractivity contribution < 1.29 is 18.3 Å². The molecule has 0 unspecified atom stereocenters. The van der Waals surface area contributed by atoms with Gasteiger partial charge in [-0.2, -0.15) is 13.2 Å². The molecule has 16 heavy (non-hydrogen) atoms. The molecule has 2 nitrogen and oxygen atoms in total. The van der Waals surface area contributed by atoms with E-state index in [-0.39, 0.29) is 11.3 Å². The van der Waals surface area contributed by atoms with Crippen LogP contribution in [0.25, 0.3) is 0 Å². The summed E-state index contributed by atoms with van der Waals surface area (Å²) in [6, 6.07) is 2.61. The predicted octanol–water partition coefficient (Wildman–Crippen LogP) is 2.11. The highest BCUT2D eigenvalue weighted by Gasteiger charge is 2.30. The Morgan fingerprint density at radius 2 is 2.00 bits per heavy atom. The lowest BCUT2D eigenvalue weighted by Crippen LogP contribution is -2.04. The van der Waals surface area contributed by atoms with E-state index in [2.05, 4.69) is 11.8 Å². The minimum atomic E-state index is -4.43. The molecule has 86 valence electrons. The van der Waals surface area contributed by atoms with Crippen LogP contribution in [-0.2, 0) is 6.18 Å². The number of nitrogens with two attached hydrogens (primary N) is 1. The molecule has 0 aliphatic carbocycles. The zero-order chi connectivity index (χ0) is 12.2. The number of alkyl halides is 3. The first-order valence-corrected chi connectivity index (χ1v) is 4.54. The van der Waals surface area contributed by atoms with Crippen molar-refractivity contribution in [2.24, 2.45) is 5.73 Å². The summed E-state index contributed by atoms with van der Waals surface area (Å²) in [6.07, 6.45) is -4.06. The van der Waals surface area contributed by atoms with Crippen LogP contribution in [0.5, 0.6) is 5.75 Å². The fourth-order valence-electron chi connectivity index (χ4n) is 1.04. The summed E-state index contributed by atoms with van der Waals surface area (Å²) in [5.74, 6) is 4.75. The molecule has 3 N–H and O–H groups in total. The predicted molar refractivity (Wildman–Crippen MR) is 53.7 cm³/mol. The standard InChI is InChI=1S/C11H10F3NO/c12-11(13,14)9-4-5-10(16)8(7-9)3-1-2-6-15/h4-5,7,16H,2,6,15H2. The second-order valence-electron chi connectivity index (χ2n) is 3.07. The molecule has 1 aromatic carbocycles. The van der Waals surface area contributed by atoms with E-state index >= 15 is 0 Å². The number of phenolic OH excluding ortho intramolecular Hbond substituents is 1. The summed E-state index contributed by atoms with van der Waals surface area (Å²) in [6.45, 7) is 0.326. The Balaban J connectivity index is 3.06. The van der Waals surface area contributed by atoms with Crippen molar-refractivity contribution in [1.82, 2.24) is 0 Å². The lowest BCUT2D eigenvalue weighted by Gasteiger charge is -2.07. The number of hydrogen-bond acceptors (Lipinski definition) is 2. The van der Waals surface area contributed by atoms with Crippen LogP contribution >= 0.6 is 0 Å². The summed E-state index contributed by atoms with van der Waals surface area (Å²) >= 11 is 0. The van der Waals surface area contributed by atoms with Gasteiger partial charge in [0.15, 0.2) is 0 Å². The lowest BCUT2D eigenvalue weighted by atomic mass is 10.1. The van der Waals surface area contributed by atoms with Gasteiger partial charge in [-0.15, -0.1) is 0 Å². The van der Waals surface area contributed by atoms with E-state index in [0.717, 1.165) is 18.2 Å². The van der Waals surface area contributed by atoms with Crippen molar-refractivity contribution in [1.29, 1.82) is 0 Å². The van der Waals surface area contributed by atoms with Crippen molar-refractivity contribution in [2.75, 3.05) is 6.54 Å². The molecule has 1 rings (SSSR count). The van der Waals surface area contributed by atoms with Crippen LogP contribution in [0.4, 0.5) is 13.2 Å². The average molecular weight is 229 g/mol. The zero-order valence-electron chi connectivity index (χ0n) is 8.30. The van der Waals surface area contributed by atoms with E-state index in [1.54, 1.807) is 0 Å². The van der Waals surface area contributed by atoms with Gasteiger partial charge in [0.1, 0.15) is 5.75 Å². The van der Waals surface area contributed by atoms with Gasteiger partial charge in [-0.3, -0.25) is 0 Å². The summed E-state index contributed by atoms with van der Waals surface area (Å²) in [5.41, 5.74) is 4.32. The van der Waals surface area contributed by atoms with Crippen molar-refractivity contribution in [3.63, 3.8) is 0 Å². The number of hydrogen-bond donors (Lipinski definition) is 2. The monoisotopic (exact) mass is 229 g/mol. The first-order valence-electron chi connectivity index (χ1n) is 4.54. The molecule has 0 saturated heterocycles. The third-order valence-electron chi connectivity index (χ3n) is 1.82. The highest BCUT2D eigenvalue weighted by Crippen LogP contribution is 2.31. The van der Waals surface area contributed by atoms with E-state index in [4.69, 9.17) is 5.73 Å². The van der Waals surface area contributed by atoms with Crippen molar-refractivity contribution in [2.45, 2.75) is 12.6 Å². The van der Waals surface area contributed by atoms with Gasteiger partial charge in [-0.05, 0) is 18.2 Å². The van der Waals surface area contributed by atoms with Crippen LogP contribution in [0, 0.1) is 11.8 Å². The van der Waals surface area contributed by atoms with Gasteiger partial charge in [-0.25, -0.2) is 0 Å². The minimum Gasteiger partial charge on any atom is -0.507 e. The Hall–Kier alpha value is -1.67. The van der Waals surface area contributed by atoms with E-state index in [1.807, 2.05) is 0 Å². The Bertz CT molecular complexity index is 429. The van der Waals surface area contributed by atoms with Crippen LogP contribution in [0.15, 0.2) is 18.2 Å². The average Bonchev–Trinajstić information content (AvgIpc) is 2.19. The van der Waals surface area contributed by atoms with Crippen molar-refractivity contribution >= 4 is 0 Å². The molecule has 0 fully saturated rings. The molecule has 0 bridgehead atoms. The molecule has 0 atom stereocenters. The topological polar surface area (TPSA) is 46.2 Å². The van der Waals surface area contributed by atoms with Crippen LogP contribution in [-0.4, -0.2) is 11.7 Å². The summed E-state index contributed by atoms with van der Waals surface area (Å²) < 4.78 is 37.0.